The Morgan fingerprint density at radius 3 is 2.40 bits per heavy atom. The number of hydrogen-bond acceptors (Lipinski definition) is 4. The van der Waals surface area contributed by atoms with Gasteiger partial charge in [-0.15, -0.1) is 0 Å². The van der Waals surface area contributed by atoms with Gasteiger partial charge in [-0.3, -0.25) is 14.4 Å². The van der Waals surface area contributed by atoms with Crippen molar-refractivity contribution in [2.45, 2.75) is 38.6 Å². The summed E-state index contributed by atoms with van der Waals surface area (Å²) in [6, 6.07) is 6.93. The van der Waals surface area contributed by atoms with Crippen LogP contribution in [0, 0.1) is 5.92 Å². The molecule has 25 heavy (non-hydrogen) atoms. The lowest BCUT2D eigenvalue weighted by molar-refractivity contribution is -0.147. The van der Waals surface area contributed by atoms with Crippen molar-refractivity contribution in [1.29, 1.82) is 0 Å². The molecule has 0 unspecified atom stereocenters. The monoisotopic (exact) mass is 410 g/mol. The Morgan fingerprint density at radius 1 is 1.12 bits per heavy atom. The molecular weight excluding hydrogens is 388 g/mol. The Hall–Kier alpha value is -1.89. The third-order valence-electron chi connectivity index (χ3n) is 4.24. The predicted molar refractivity (Wildman–Crippen MR) is 97.0 cm³/mol. The molecule has 0 bridgehead atoms. The van der Waals surface area contributed by atoms with Gasteiger partial charge in [0.1, 0.15) is 6.54 Å². The number of halogens is 1. The quantitative estimate of drug-likeness (QED) is 0.705. The number of benzene rings is 1. The van der Waals surface area contributed by atoms with Gasteiger partial charge in [0.15, 0.2) is 6.61 Å². The molecule has 136 valence electrons. The summed E-state index contributed by atoms with van der Waals surface area (Å²) in [7, 11) is 0. The highest BCUT2D eigenvalue weighted by Crippen LogP contribution is 2.23. The van der Waals surface area contributed by atoms with Crippen molar-refractivity contribution in [2.75, 3.05) is 13.2 Å². The second-order valence-electron chi connectivity index (χ2n) is 6.37. The molecule has 1 aliphatic rings. The standard InChI is InChI=1S/C18H23BrN2O4/c1-12-2-8-15(9-3-12)21-16(22)11-25-17(23)10-20-18(24)13-4-6-14(19)7-5-13/h4-7,12,15H,2-3,8-11H2,1H3,(H,20,24)(H,21,22). The van der Waals surface area contributed by atoms with E-state index in [2.05, 4.69) is 33.5 Å². The summed E-state index contributed by atoms with van der Waals surface area (Å²) in [6.45, 7) is 1.62. The molecule has 2 N–H and O–H groups in total. The summed E-state index contributed by atoms with van der Waals surface area (Å²) >= 11 is 3.29. The van der Waals surface area contributed by atoms with Crippen molar-refractivity contribution in [1.82, 2.24) is 10.6 Å². The molecule has 7 heteroatoms. The SMILES string of the molecule is CC1CCC(NC(=O)COC(=O)CNC(=O)c2ccc(Br)cc2)CC1. The van der Waals surface area contributed by atoms with Crippen LogP contribution in [0.4, 0.5) is 0 Å². The molecule has 0 atom stereocenters. The lowest BCUT2D eigenvalue weighted by Gasteiger charge is -2.26. The van der Waals surface area contributed by atoms with Crippen LogP contribution in [0.3, 0.4) is 0 Å². The largest absolute Gasteiger partial charge is 0.454 e. The number of hydrogen-bond donors (Lipinski definition) is 2. The first-order valence-electron chi connectivity index (χ1n) is 8.43. The summed E-state index contributed by atoms with van der Waals surface area (Å²) in [6.07, 6.45) is 4.13. The second kappa shape index (κ2) is 9.56. The molecule has 2 rings (SSSR count). The molecule has 1 aromatic carbocycles. The fourth-order valence-corrected chi connectivity index (χ4v) is 2.99. The molecule has 6 nitrogen and oxygen atoms in total. The van der Waals surface area contributed by atoms with E-state index in [1.165, 1.54) is 0 Å². The molecule has 1 aliphatic carbocycles. The van der Waals surface area contributed by atoms with Crippen molar-refractivity contribution < 1.29 is 19.1 Å². The normalized spacial score (nSPS) is 19.8. The van der Waals surface area contributed by atoms with E-state index in [-0.39, 0.29) is 31.0 Å². The van der Waals surface area contributed by atoms with Crippen LogP contribution in [0.25, 0.3) is 0 Å². The van der Waals surface area contributed by atoms with E-state index in [0.29, 0.717) is 11.5 Å². The highest BCUT2D eigenvalue weighted by molar-refractivity contribution is 9.10. The van der Waals surface area contributed by atoms with E-state index in [9.17, 15) is 14.4 Å². The van der Waals surface area contributed by atoms with Gasteiger partial charge in [-0.2, -0.15) is 0 Å². The van der Waals surface area contributed by atoms with Crippen molar-refractivity contribution >= 4 is 33.7 Å². The smallest absolute Gasteiger partial charge is 0.325 e. The van der Waals surface area contributed by atoms with E-state index in [0.717, 1.165) is 30.2 Å². The molecule has 0 radical (unpaired) electrons. The van der Waals surface area contributed by atoms with Crippen molar-refractivity contribution in [2.24, 2.45) is 5.92 Å². The van der Waals surface area contributed by atoms with Crippen molar-refractivity contribution in [3.05, 3.63) is 34.3 Å². The van der Waals surface area contributed by atoms with E-state index >= 15 is 0 Å². The van der Waals surface area contributed by atoms with Gasteiger partial charge in [0.2, 0.25) is 0 Å². The summed E-state index contributed by atoms with van der Waals surface area (Å²) in [5, 5.41) is 5.35. The molecule has 0 spiro atoms. The summed E-state index contributed by atoms with van der Waals surface area (Å²) in [4.78, 5) is 35.3. The summed E-state index contributed by atoms with van der Waals surface area (Å²) < 4.78 is 5.76. The number of carbonyl (C=O) groups is 3. The minimum absolute atomic E-state index is 0.166. The first-order valence-corrected chi connectivity index (χ1v) is 9.22. The van der Waals surface area contributed by atoms with Crippen LogP contribution in [0.5, 0.6) is 0 Å². The van der Waals surface area contributed by atoms with Crippen molar-refractivity contribution in [3.63, 3.8) is 0 Å². The van der Waals surface area contributed by atoms with E-state index in [1.807, 2.05) is 0 Å². The minimum atomic E-state index is -0.641. The molecule has 1 fully saturated rings. The average Bonchev–Trinajstić information content (AvgIpc) is 2.60. The maximum Gasteiger partial charge on any atom is 0.325 e. The third kappa shape index (κ3) is 6.86. The summed E-state index contributed by atoms with van der Waals surface area (Å²) in [5.41, 5.74) is 0.445. The zero-order valence-corrected chi connectivity index (χ0v) is 15.8. The minimum Gasteiger partial charge on any atom is -0.454 e. The number of carbonyl (C=O) groups excluding carboxylic acids is 3. The molecule has 0 aliphatic heterocycles. The van der Waals surface area contributed by atoms with Gasteiger partial charge >= 0.3 is 5.97 Å². The first kappa shape index (κ1) is 19.4. The van der Waals surface area contributed by atoms with Gasteiger partial charge in [0.05, 0.1) is 0 Å². The van der Waals surface area contributed by atoms with Gasteiger partial charge in [-0.05, 0) is 55.9 Å². The Bertz CT molecular complexity index is 610. The molecule has 1 aromatic rings. The maximum absolute atomic E-state index is 11.9. The van der Waals surface area contributed by atoms with Crippen LogP contribution in [-0.2, 0) is 14.3 Å². The first-order chi connectivity index (χ1) is 11.9. The highest BCUT2D eigenvalue weighted by Gasteiger charge is 2.20. The van der Waals surface area contributed by atoms with Crippen LogP contribution >= 0.6 is 15.9 Å². The van der Waals surface area contributed by atoms with Gasteiger partial charge in [-0.25, -0.2) is 0 Å². The Morgan fingerprint density at radius 2 is 1.76 bits per heavy atom. The molecule has 2 amide bonds. The van der Waals surface area contributed by atoms with Gasteiger partial charge in [0, 0.05) is 16.1 Å². The Labute approximate surface area is 155 Å². The van der Waals surface area contributed by atoms with Gasteiger partial charge < -0.3 is 15.4 Å². The molecule has 0 aromatic heterocycles. The van der Waals surface area contributed by atoms with Crippen LogP contribution < -0.4 is 10.6 Å². The Kier molecular flexibility index (Phi) is 7.43. The number of ether oxygens (including phenoxy) is 1. The topological polar surface area (TPSA) is 84.5 Å². The third-order valence-corrected chi connectivity index (χ3v) is 4.77. The molecule has 0 heterocycles. The van der Waals surface area contributed by atoms with Crippen LogP contribution in [0.2, 0.25) is 0 Å². The lowest BCUT2D eigenvalue weighted by Crippen LogP contribution is -2.40. The van der Waals surface area contributed by atoms with E-state index < -0.39 is 5.97 Å². The fraction of sp³-hybridized carbons (Fsp3) is 0.500. The molecule has 0 saturated heterocycles. The van der Waals surface area contributed by atoms with Crippen molar-refractivity contribution in [3.8, 4) is 0 Å². The zero-order chi connectivity index (χ0) is 18.2. The summed E-state index contributed by atoms with van der Waals surface area (Å²) in [5.74, 6) is -0.601. The molecular formula is C18H23BrN2O4. The fourth-order valence-electron chi connectivity index (χ4n) is 2.73. The van der Waals surface area contributed by atoms with Gasteiger partial charge in [-0.1, -0.05) is 22.9 Å². The van der Waals surface area contributed by atoms with E-state index in [4.69, 9.17) is 4.74 Å². The van der Waals surface area contributed by atoms with E-state index in [1.54, 1.807) is 24.3 Å². The number of esters is 1. The number of rotatable bonds is 6. The predicted octanol–water partition coefficient (Wildman–Crippen LogP) is 2.42. The average molecular weight is 411 g/mol. The number of nitrogens with one attached hydrogen (secondary N) is 2. The highest BCUT2D eigenvalue weighted by atomic mass is 79.9. The number of amides is 2. The van der Waals surface area contributed by atoms with Gasteiger partial charge in [0.25, 0.3) is 11.8 Å². The maximum atomic E-state index is 11.9. The molecule has 1 saturated carbocycles. The van der Waals surface area contributed by atoms with Crippen LogP contribution in [0.15, 0.2) is 28.7 Å². The van der Waals surface area contributed by atoms with Crippen LogP contribution in [-0.4, -0.2) is 37.0 Å². The second-order valence-corrected chi connectivity index (χ2v) is 7.29. The lowest BCUT2D eigenvalue weighted by atomic mass is 9.87. The van der Waals surface area contributed by atoms with Crippen LogP contribution in [0.1, 0.15) is 43.0 Å². The Balaban J connectivity index is 1.64. The zero-order valence-electron chi connectivity index (χ0n) is 14.2.